The Morgan fingerprint density at radius 2 is 1.79 bits per heavy atom. The number of amides is 2. The van der Waals surface area contributed by atoms with Crippen LogP contribution < -0.4 is 0 Å². The summed E-state index contributed by atoms with van der Waals surface area (Å²) in [6, 6.07) is 17.3. The molecule has 4 rings (SSSR count). The molecule has 1 aromatic heterocycles. The molecule has 1 saturated heterocycles. The van der Waals surface area contributed by atoms with Gasteiger partial charge in [-0.2, -0.15) is 5.26 Å². The maximum Gasteiger partial charge on any atom is 0.272 e. The minimum atomic E-state index is -0.297. The predicted molar refractivity (Wildman–Crippen MR) is 131 cm³/mol. The first-order valence-corrected chi connectivity index (χ1v) is 11.5. The molecular formula is C26H22Cl2N4O2. The number of carbonyl (C=O) groups is 2. The van der Waals surface area contributed by atoms with Crippen LogP contribution in [-0.4, -0.2) is 52.8 Å². The van der Waals surface area contributed by atoms with Crippen molar-refractivity contribution in [1.82, 2.24) is 14.8 Å². The van der Waals surface area contributed by atoms with Crippen LogP contribution in [0.15, 0.2) is 60.8 Å². The fraction of sp³-hybridized carbons (Fsp3) is 0.231. The fourth-order valence-corrected chi connectivity index (χ4v) is 4.58. The molecule has 8 heteroatoms. The summed E-state index contributed by atoms with van der Waals surface area (Å²) < 4.78 is 0. The van der Waals surface area contributed by atoms with Gasteiger partial charge in [0.25, 0.3) is 11.8 Å². The molecule has 6 nitrogen and oxygen atoms in total. The summed E-state index contributed by atoms with van der Waals surface area (Å²) in [6.07, 6.45) is 1.61. The summed E-state index contributed by atoms with van der Waals surface area (Å²) in [7, 11) is 1.73. The van der Waals surface area contributed by atoms with Crippen molar-refractivity contribution < 1.29 is 9.59 Å². The van der Waals surface area contributed by atoms with Crippen molar-refractivity contribution in [2.24, 2.45) is 0 Å². The van der Waals surface area contributed by atoms with Crippen molar-refractivity contribution >= 4 is 35.0 Å². The lowest BCUT2D eigenvalue weighted by Crippen LogP contribution is -2.42. The highest BCUT2D eigenvalue weighted by Gasteiger charge is 2.40. The highest BCUT2D eigenvalue weighted by Crippen LogP contribution is 2.35. The Morgan fingerprint density at radius 3 is 2.44 bits per heavy atom. The topological polar surface area (TPSA) is 77.3 Å². The second kappa shape index (κ2) is 9.84. The minimum Gasteiger partial charge on any atom is -0.336 e. The van der Waals surface area contributed by atoms with Crippen molar-refractivity contribution in [1.29, 1.82) is 5.26 Å². The molecule has 2 heterocycles. The third kappa shape index (κ3) is 4.77. The standard InChI is InChI=1S/C26H22Cl2N4O2/c1-16-9-10-30-23(11-16)26(34)31(2)24-15-32(25(33)18-5-3-17(13-29)4-6-18)14-20(24)19-7-8-21(27)22(28)12-19/h3-12,20,24H,14-15H2,1-2H3/t20?,24-/m1/s1. The maximum atomic E-state index is 13.3. The van der Waals surface area contributed by atoms with Crippen LogP contribution in [0.1, 0.15) is 43.5 Å². The van der Waals surface area contributed by atoms with E-state index in [2.05, 4.69) is 11.1 Å². The average Bonchev–Trinajstić information content (AvgIpc) is 3.30. The summed E-state index contributed by atoms with van der Waals surface area (Å²) in [5.74, 6) is -0.547. The van der Waals surface area contributed by atoms with Gasteiger partial charge in [-0.3, -0.25) is 14.6 Å². The van der Waals surface area contributed by atoms with Gasteiger partial charge in [0.2, 0.25) is 0 Å². The third-order valence-corrected chi connectivity index (χ3v) is 6.90. The Labute approximate surface area is 208 Å². The molecule has 0 saturated carbocycles. The molecule has 34 heavy (non-hydrogen) atoms. The number of nitrogens with zero attached hydrogens (tertiary/aromatic N) is 4. The van der Waals surface area contributed by atoms with Gasteiger partial charge in [-0.1, -0.05) is 29.3 Å². The molecule has 3 aromatic rings. The monoisotopic (exact) mass is 492 g/mol. The molecule has 1 fully saturated rings. The number of hydrogen-bond donors (Lipinski definition) is 0. The lowest BCUT2D eigenvalue weighted by molar-refractivity contribution is 0.0691. The van der Waals surface area contributed by atoms with Crippen molar-refractivity contribution in [3.8, 4) is 6.07 Å². The van der Waals surface area contributed by atoms with Gasteiger partial charge in [0.1, 0.15) is 5.69 Å². The molecule has 2 amide bonds. The average molecular weight is 493 g/mol. The highest BCUT2D eigenvalue weighted by atomic mass is 35.5. The van der Waals surface area contributed by atoms with Crippen molar-refractivity contribution in [3.05, 3.63) is 98.8 Å². The van der Waals surface area contributed by atoms with Crippen molar-refractivity contribution in [2.75, 3.05) is 20.1 Å². The van der Waals surface area contributed by atoms with Gasteiger partial charge in [0, 0.05) is 37.8 Å². The van der Waals surface area contributed by atoms with E-state index < -0.39 is 0 Å². The zero-order chi connectivity index (χ0) is 24.4. The smallest absolute Gasteiger partial charge is 0.272 e. The van der Waals surface area contributed by atoms with Crippen LogP contribution in [0.5, 0.6) is 0 Å². The summed E-state index contributed by atoms with van der Waals surface area (Å²) in [6.45, 7) is 2.66. The summed E-state index contributed by atoms with van der Waals surface area (Å²) in [5.41, 5.74) is 3.16. The van der Waals surface area contributed by atoms with E-state index in [1.54, 1.807) is 65.5 Å². The van der Waals surface area contributed by atoms with Crippen LogP contribution in [0.3, 0.4) is 0 Å². The Bertz CT molecular complexity index is 1290. The zero-order valence-electron chi connectivity index (χ0n) is 18.7. The van der Waals surface area contributed by atoms with Gasteiger partial charge in [-0.15, -0.1) is 0 Å². The predicted octanol–water partition coefficient (Wildman–Crippen LogP) is 4.95. The number of aryl methyl sites for hydroxylation is 1. The summed E-state index contributed by atoms with van der Waals surface area (Å²) in [5, 5.41) is 9.90. The van der Waals surface area contributed by atoms with E-state index in [-0.39, 0.29) is 23.8 Å². The first kappa shape index (κ1) is 23.7. The number of aromatic nitrogens is 1. The number of hydrogen-bond acceptors (Lipinski definition) is 4. The number of likely N-dealkylation sites (N-methyl/N-ethyl adjacent to an activating group) is 1. The van der Waals surface area contributed by atoms with Crippen LogP contribution in [0.2, 0.25) is 10.0 Å². The number of halogens is 2. The Kier molecular flexibility index (Phi) is 6.87. The SMILES string of the molecule is Cc1ccnc(C(=O)N(C)[C@@H]2CN(C(=O)c3ccc(C#N)cc3)CC2c2ccc(Cl)c(Cl)c2)c1. The quantitative estimate of drug-likeness (QED) is 0.516. The minimum absolute atomic E-state index is 0.161. The molecule has 2 atom stereocenters. The molecule has 172 valence electrons. The van der Waals surface area contributed by atoms with Gasteiger partial charge in [-0.05, 0) is 66.6 Å². The molecular weight excluding hydrogens is 471 g/mol. The number of rotatable bonds is 4. The maximum absolute atomic E-state index is 13.3. The van der Waals surface area contributed by atoms with E-state index in [0.717, 1.165) is 11.1 Å². The summed E-state index contributed by atoms with van der Waals surface area (Å²) in [4.78, 5) is 34.2. The van der Waals surface area contributed by atoms with Crippen molar-refractivity contribution in [3.63, 3.8) is 0 Å². The third-order valence-electron chi connectivity index (χ3n) is 6.16. The molecule has 1 aliphatic rings. The molecule has 0 aliphatic carbocycles. The number of carbonyl (C=O) groups excluding carboxylic acids is 2. The highest BCUT2D eigenvalue weighted by molar-refractivity contribution is 6.42. The number of pyridine rings is 1. The lowest BCUT2D eigenvalue weighted by Gasteiger charge is -2.29. The largest absolute Gasteiger partial charge is 0.336 e. The second-order valence-electron chi connectivity index (χ2n) is 8.38. The number of nitriles is 1. The van der Waals surface area contributed by atoms with Gasteiger partial charge in [0.15, 0.2) is 0 Å². The van der Waals surface area contributed by atoms with Gasteiger partial charge >= 0.3 is 0 Å². The Hall–Kier alpha value is -3.40. The normalized spacial score (nSPS) is 17.3. The first-order chi connectivity index (χ1) is 16.3. The molecule has 0 spiro atoms. The van der Waals surface area contributed by atoms with E-state index in [9.17, 15) is 9.59 Å². The van der Waals surface area contributed by atoms with Gasteiger partial charge < -0.3 is 9.80 Å². The van der Waals surface area contributed by atoms with Crippen LogP contribution in [-0.2, 0) is 0 Å². The Balaban J connectivity index is 1.66. The van der Waals surface area contributed by atoms with Gasteiger partial charge in [0.05, 0.1) is 27.7 Å². The van der Waals surface area contributed by atoms with Gasteiger partial charge in [-0.25, -0.2) is 0 Å². The van der Waals surface area contributed by atoms with E-state index >= 15 is 0 Å². The summed E-state index contributed by atoms with van der Waals surface area (Å²) >= 11 is 12.4. The van der Waals surface area contributed by atoms with Crippen LogP contribution in [0.25, 0.3) is 0 Å². The molecule has 0 radical (unpaired) electrons. The van der Waals surface area contributed by atoms with Crippen molar-refractivity contribution in [2.45, 2.75) is 18.9 Å². The molecule has 2 aromatic carbocycles. The molecule has 1 aliphatic heterocycles. The fourth-order valence-electron chi connectivity index (χ4n) is 4.27. The molecule has 0 bridgehead atoms. The van der Waals surface area contributed by atoms with E-state index in [4.69, 9.17) is 28.5 Å². The zero-order valence-corrected chi connectivity index (χ0v) is 20.2. The van der Waals surface area contributed by atoms with E-state index in [0.29, 0.717) is 40.0 Å². The van der Waals surface area contributed by atoms with E-state index in [1.807, 2.05) is 19.1 Å². The first-order valence-electron chi connectivity index (χ1n) is 10.7. The van der Waals surface area contributed by atoms with Crippen LogP contribution in [0, 0.1) is 18.3 Å². The van der Waals surface area contributed by atoms with Crippen LogP contribution in [0.4, 0.5) is 0 Å². The number of benzene rings is 2. The van der Waals surface area contributed by atoms with E-state index in [1.165, 1.54) is 0 Å². The van der Waals surface area contributed by atoms with Crippen LogP contribution >= 0.6 is 23.2 Å². The second-order valence-corrected chi connectivity index (χ2v) is 9.20. The Morgan fingerprint density at radius 1 is 1.06 bits per heavy atom. The molecule has 1 unspecified atom stereocenters. The molecule has 0 N–H and O–H groups in total. The lowest BCUT2D eigenvalue weighted by atomic mass is 9.93. The number of likely N-dealkylation sites (tertiary alicyclic amines) is 1.